The highest BCUT2D eigenvalue weighted by Crippen LogP contribution is 2.42. The maximum Gasteiger partial charge on any atom is 0.416 e. The lowest BCUT2D eigenvalue weighted by molar-refractivity contribution is -0.147. The van der Waals surface area contributed by atoms with Crippen LogP contribution in [-0.4, -0.2) is 34.7 Å². The van der Waals surface area contributed by atoms with Crippen molar-refractivity contribution in [2.24, 2.45) is 0 Å². The van der Waals surface area contributed by atoms with Gasteiger partial charge in [0.2, 0.25) is 5.60 Å². The molecule has 0 aromatic heterocycles. The van der Waals surface area contributed by atoms with Crippen LogP contribution in [0.25, 0.3) is 0 Å². The minimum absolute atomic E-state index is 0.126. The Kier molecular flexibility index (Phi) is 5.47. The van der Waals surface area contributed by atoms with Gasteiger partial charge < -0.3 is 20.1 Å². The van der Waals surface area contributed by atoms with E-state index in [1.165, 1.54) is 17.7 Å². The van der Waals surface area contributed by atoms with E-state index < -0.39 is 23.3 Å². The fourth-order valence-electron chi connectivity index (χ4n) is 4.20. The third kappa shape index (κ3) is 4.51. The zero-order valence-corrected chi connectivity index (χ0v) is 18.5. The number of aliphatic carboxylic acids is 1. The van der Waals surface area contributed by atoms with Gasteiger partial charge in [0, 0.05) is 32.1 Å². The van der Waals surface area contributed by atoms with Gasteiger partial charge in [0.15, 0.2) is 0 Å². The van der Waals surface area contributed by atoms with Crippen LogP contribution in [-0.2, 0) is 23.8 Å². The lowest BCUT2D eigenvalue weighted by Crippen LogP contribution is -2.29. The number of benzene rings is 2. The zero-order valence-electron chi connectivity index (χ0n) is 17.7. The molecule has 1 aliphatic carbocycles. The predicted molar refractivity (Wildman–Crippen MR) is 119 cm³/mol. The Balaban J connectivity index is 1.21. The Morgan fingerprint density at radius 1 is 1.09 bits per heavy atom. The van der Waals surface area contributed by atoms with Crippen LogP contribution >= 0.6 is 11.8 Å². The lowest BCUT2D eigenvalue weighted by Gasteiger charge is -2.23. The Labute approximate surface area is 193 Å². The van der Waals surface area contributed by atoms with E-state index in [0.29, 0.717) is 18.6 Å². The van der Waals surface area contributed by atoms with Crippen molar-refractivity contribution in [2.75, 3.05) is 13.1 Å². The third-order valence-corrected chi connectivity index (χ3v) is 7.60. The molecule has 5 nitrogen and oxygen atoms in total. The molecular weight excluding hydrogens is 453 g/mol. The van der Waals surface area contributed by atoms with E-state index >= 15 is 0 Å². The summed E-state index contributed by atoms with van der Waals surface area (Å²) in [6, 6.07) is 11.1. The Morgan fingerprint density at radius 3 is 2.42 bits per heavy atom. The average molecular weight is 477 g/mol. The number of hydrogen-bond donors (Lipinski definition) is 2. The molecule has 5 rings (SSSR count). The molecule has 1 saturated carbocycles. The molecule has 3 aliphatic rings. The Bertz CT molecular complexity index is 1100. The number of carboxylic acids is 1. The second-order valence-electron chi connectivity index (χ2n) is 8.59. The second-order valence-corrected chi connectivity index (χ2v) is 9.71. The molecule has 0 radical (unpaired) electrons. The van der Waals surface area contributed by atoms with Gasteiger partial charge in [-0.25, -0.2) is 4.79 Å². The SMILES string of the molecule is O=C(O)C1(Oc2ccc3c(c2)CCN(C2=CNC(c4ccc(C(F)(F)F)cc4)S2)CC3)CC1. The second kappa shape index (κ2) is 8.20. The van der Waals surface area contributed by atoms with E-state index in [0.717, 1.165) is 54.2 Å². The third-order valence-electron chi connectivity index (χ3n) is 6.34. The first-order chi connectivity index (χ1) is 15.7. The van der Waals surface area contributed by atoms with Crippen LogP contribution in [0.1, 0.15) is 40.5 Å². The summed E-state index contributed by atoms with van der Waals surface area (Å²) >= 11 is 1.60. The van der Waals surface area contributed by atoms with Gasteiger partial charge in [-0.15, -0.1) is 0 Å². The maximum atomic E-state index is 12.8. The number of alkyl halides is 3. The predicted octanol–water partition coefficient (Wildman–Crippen LogP) is 4.94. The lowest BCUT2D eigenvalue weighted by atomic mass is 10.0. The summed E-state index contributed by atoms with van der Waals surface area (Å²) in [5.41, 5.74) is 1.47. The van der Waals surface area contributed by atoms with Crippen LogP contribution in [0.2, 0.25) is 0 Å². The Hall–Kier alpha value is -2.81. The highest BCUT2D eigenvalue weighted by atomic mass is 32.2. The number of carboxylic acid groups (broad SMARTS) is 1. The minimum atomic E-state index is -4.34. The quantitative estimate of drug-likeness (QED) is 0.638. The van der Waals surface area contributed by atoms with Crippen molar-refractivity contribution in [3.8, 4) is 5.75 Å². The molecule has 2 aromatic carbocycles. The monoisotopic (exact) mass is 476 g/mol. The average Bonchev–Trinajstić information content (AvgIpc) is 3.46. The van der Waals surface area contributed by atoms with Crippen LogP contribution in [0.3, 0.4) is 0 Å². The number of nitrogens with one attached hydrogen (secondary N) is 1. The van der Waals surface area contributed by atoms with Crippen molar-refractivity contribution in [2.45, 2.75) is 42.8 Å². The smallest absolute Gasteiger partial charge is 0.416 e. The molecule has 2 aromatic rings. The van der Waals surface area contributed by atoms with Crippen LogP contribution < -0.4 is 10.1 Å². The molecule has 1 atom stereocenters. The van der Waals surface area contributed by atoms with E-state index in [-0.39, 0.29) is 5.37 Å². The molecule has 0 bridgehead atoms. The fourth-order valence-corrected chi connectivity index (χ4v) is 5.34. The summed E-state index contributed by atoms with van der Waals surface area (Å²) in [6.45, 7) is 1.62. The largest absolute Gasteiger partial charge is 0.478 e. The van der Waals surface area contributed by atoms with Crippen molar-refractivity contribution in [1.29, 1.82) is 0 Å². The molecule has 33 heavy (non-hydrogen) atoms. The normalized spacial score (nSPS) is 21.5. The summed E-state index contributed by atoms with van der Waals surface area (Å²) < 4.78 is 44.3. The molecule has 0 amide bonds. The number of rotatable bonds is 5. The summed E-state index contributed by atoms with van der Waals surface area (Å²) in [5.74, 6) is -0.315. The molecule has 174 valence electrons. The summed E-state index contributed by atoms with van der Waals surface area (Å²) in [6.07, 6.45) is 0.313. The number of nitrogens with zero attached hydrogens (tertiary/aromatic N) is 1. The summed E-state index contributed by atoms with van der Waals surface area (Å²) in [4.78, 5) is 13.7. The van der Waals surface area contributed by atoms with Crippen LogP contribution in [0.15, 0.2) is 53.7 Å². The van der Waals surface area contributed by atoms with Crippen molar-refractivity contribution < 1.29 is 27.8 Å². The number of carbonyl (C=O) groups is 1. The molecular formula is C24H23F3N2O3S. The van der Waals surface area contributed by atoms with Crippen LogP contribution in [0, 0.1) is 0 Å². The van der Waals surface area contributed by atoms with Gasteiger partial charge in [-0.05, 0) is 53.8 Å². The van der Waals surface area contributed by atoms with Gasteiger partial charge in [0.1, 0.15) is 11.1 Å². The van der Waals surface area contributed by atoms with Gasteiger partial charge >= 0.3 is 12.1 Å². The molecule has 2 heterocycles. The molecule has 2 N–H and O–H groups in total. The first-order valence-electron chi connectivity index (χ1n) is 10.8. The molecule has 1 fully saturated rings. The maximum absolute atomic E-state index is 12.8. The number of hydrogen-bond acceptors (Lipinski definition) is 5. The number of ether oxygens (including phenoxy) is 1. The van der Waals surface area contributed by atoms with Crippen molar-refractivity contribution in [3.05, 3.63) is 75.9 Å². The van der Waals surface area contributed by atoms with E-state index in [4.69, 9.17) is 4.74 Å². The number of thioether (sulfide) groups is 1. The Morgan fingerprint density at radius 2 is 1.79 bits per heavy atom. The highest BCUT2D eigenvalue weighted by molar-refractivity contribution is 8.03. The van der Waals surface area contributed by atoms with Crippen LogP contribution in [0.5, 0.6) is 5.75 Å². The zero-order chi connectivity index (χ0) is 23.2. The van der Waals surface area contributed by atoms with Gasteiger partial charge in [-0.2, -0.15) is 13.2 Å². The first-order valence-corrected chi connectivity index (χ1v) is 11.7. The van der Waals surface area contributed by atoms with Crippen molar-refractivity contribution in [1.82, 2.24) is 10.2 Å². The van der Waals surface area contributed by atoms with Gasteiger partial charge in [0.25, 0.3) is 0 Å². The number of halogens is 3. The molecule has 0 spiro atoms. The van der Waals surface area contributed by atoms with Gasteiger partial charge in [-0.3, -0.25) is 0 Å². The van der Waals surface area contributed by atoms with Gasteiger partial charge in [-0.1, -0.05) is 30.0 Å². The van der Waals surface area contributed by atoms with Gasteiger partial charge in [0.05, 0.1) is 10.6 Å². The summed E-state index contributed by atoms with van der Waals surface area (Å²) in [7, 11) is 0. The van der Waals surface area contributed by atoms with E-state index in [9.17, 15) is 23.1 Å². The fraction of sp³-hybridized carbons (Fsp3) is 0.375. The highest BCUT2D eigenvalue weighted by Gasteiger charge is 2.53. The number of fused-ring (bicyclic) bond motifs is 1. The topological polar surface area (TPSA) is 61.8 Å². The van der Waals surface area contributed by atoms with Crippen molar-refractivity contribution in [3.63, 3.8) is 0 Å². The van der Waals surface area contributed by atoms with E-state index in [2.05, 4.69) is 10.2 Å². The van der Waals surface area contributed by atoms with E-state index in [1.807, 2.05) is 24.4 Å². The summed E-state index contributed by atoms with van der Waals surface area (Å²) in [5, 5.41) is 13.6. The molecule has 9 heteroatoms. The van der Waals surface area contributed by atoms with E-state index in [1.54, 1.807) is 11.8 Å². The molecule has 1 unspecified atom stereocenters. The van der Waals surface area contributed by atoms with Crippen LogP contribution in [0.4, 0.5) is 13.2 Å². The van der Waals surface area contributed by atoms with Crippen molar-refractivity contribution >= 4 is 17.7 Å². The molecule has 0 saturated heterocycles. The minimum Gasteiger partial charge on any atom is -0.478 e. The standard InChI is InChI=1S/C24H23F3N2O3S/c25-24(26,27)18-4-1-16(2-5-18)21-28-14-20(33-21)29-11-7-15-3-6-19(13-17(15)8-12-29)32-23(9-10-23)22(30)31/h1-6,13-14,21,28H,7-12H2,(H,30,31). The first kappa shape index (κ1) is 22.0. The molecule has 2 aliphatic heterocycles.